The fourth-order valence-corrected chi connectivity index (χ4v) is 3.05. The van der Waals surface area contributed by atoms with Gasteiger partial charge in [0.1, 0.15) is 0 Å². The summed E-state index contributed by atoms with van der Waals surface area (Å²) in [6.45, 7) is 0. The van der Waals surface area contributed by atoms with Gasteiger partial charge in [-0.3, -0.25) is 0 Å². The van der Waals surface area contributed by atoms with Crippen LogP contribution in [0.1, 0.15) is 24.8 Å². The van der Waals surface area contributed by atoms with Crippen LogP contribution in [0.25, 0.3) is 0 Å². The van der Waals surface area contributed by atoms with E-state index in [1.165, 1.54) is 31.2 Å². The lowest BCUT2D eigenvalue weighted by Crippen LogP contribution is -2.09. The van der Waals surface area contributed by atoms with E-state index in [9.17, 15) is 0 Å². The Bertz CT molecular complexity index is 294. The summed E-state index contributed by atoms with van der Waals surface area (Å²) in [6.07, 6.45) is 5.25. The molecule has 0 spiro atoms. The Balaban J connectivity index is 2.00. The SMILES string of the molecule is Clc1ccc(CC2CCCC2Br)cc1. The Hall–Kier alpha value is -0.0100. The first-order chi connectivity index (χ1) is 6.75. The van der Waals surface area contributed by atoms with E-state index < -0.39 is 0 Å². The van der Waals surface area contributed by atoms with Gasteiger partial charge in [-0.25, -0.2) is 0 Å². The van der Waals surface area contributed by atoms with Gasteiger partial charge in [0.05, 0.1) is 0 Å². The maximum absolute atomic E-state index is 5.85. The maximum Gasteiger partial charge on any atom is 0.0406 e. The predicted octanol–water partition coefficient (Wildman–Crippen LogP) is 4.45. The van der Waals surface area contributed by atoms with Crippen molar-refractivity contribution in [1.29, 1.82) is 0 Å². The first-order valence-electron chi connectivity index (χ1n) is 5.14. The molecule has 0 aliphatic heterocycles. The molecule has 0 N–H and O–H groups in total. The Morgan fingerprint density at radius 2 is 1.93 bits per heavy atom. The minimum Gasteiger partial charge on any atom is -0.0888 e. The molecule has 1 aromatic carbocycles. The zero-order chi connectivity index (χ0) is 9.97. The molecule has 0 amide bonds. The molecule has 0 bridgehead atoms. The van der Waals surface area contributed by atoms with Gasteiger partial charge >= 0.3 is 0 Å². The molecule has 14 heavy (non-hydrogen) atoms. The second-order valence-corrected chi connectivity index (χ2v) is 5.65. The summed E-state index contributed by atoms with van der Waals surface area (Å²) in [5, 5.41) is 0.829. The van der Waals surface area contributed by atoms with Crippen molar-refractivity contribution in [3.63, 3.8) is 0 Å². The van der Waals surface area contributed by atoms with Crippen molar-refractivity contribution < 1.29 is 0 Å². The highest BCUT2D eigenvalue weighted by molar-refractivity contribution is 9.09. The van der Waals surface area contributed by atoms with Crippen molar-refractivity contribution in [2.45, 2.75) is 30.5 Å². The molecule has 2 rings (SSSR count). The molecule has 1 aromatic rings. The van der Waals surface area contributed by atoms with Crippen molar-refractivity contribution in [3.8, 4) is 0 Å². The lowest BCUT2D eigenvalue weighted by Gasteiger charge is -2.13. The molecule has 0 heterocycles. The lowest BCUT2D eigenvalue weighted by atomic mass is 9.98. The Labute approximate surface area is 98.8 Å². The Morgan fingerprint density at radius 3 is 2.50 bits per heavy atom. The average Bonchev–Trinajstić information content (AvgIpc) is 2.56. The molecule has 1 fully saturated rings. The first-order valence-corrected chi connectivity index (χ1v) is 6.43. The third-order valence-corrected chi connectivity index (χ3v) is 4.43. The molecule has 2 heteroatoms. The molecular formula is C12H14BrCl. The second-order valence-electron chi connectivity index (χ2n) is 4.04. The van der Waals surface area contributed by atoms with Crippen molar-refractivity contribution in [1.82, 2.24) is 0 Å². The van der Waals surface area contributed by atoms with Crippen LogP contribution in [0.4, 0.5) is 0 Å². The van der Waals surface area contributed by atoms with Crippen LogP contribution >= 0.6 is 27.5 Å². The van der Waals surface area contributed by atoms with Crippen LogP contribution in [0.15, 0.2) is 24.3 Å². The van der Waals surface area contributed by atoms with Crippen LogP contribution in [0.2, 0.25) is 5.02 Å². The minimum absolute atomic E-state index is 0.721. The third-order valence-electron chi connectivity index (χ3n) is 2.98. The zero-order valence-corrected chi connectivity index (χ0v) is 10.4. The zero-order valence-electron chi connectivity index (χ0n) is 8.05. The summed E-state index contributed by atoms with van der Waals surface area (Å²) in [7, 11) is 0. The average molecular weight is 274 g/mol. The third kappa shape index (κ3) is 2.52. The molecule has 2 unspecified atom stereocenters. The number of benzene rings is 1. The van der Waals surface area contributed by atoms with Gasteiger partial charge in [-0.2, -0.15) is 0 Å². The lowest BCUT2D eigenvalue weighted by molar-refractivity contribution is 0.563. The molecule has 0 aromatic heterocycles. The quantitative estimate of drug-likeness (QED) is 0.699. The summed E-state index contributed by atoms with van der Waals surface area (Å²) in [5.74, 6) is 0.816. The molecule has 0 saturated heterocycles. The predicted molar refractivity (Wildman–Crippen MR) is 65.2 cm³/mol. The number of alkyl halides is 1. The Kier molecular flexibility index (Phi) is 3.51. The van der Waals surface area contributed by atoms with E-state index >= 15 is 0 Å². The number of rotatable bonds is 2. The van der Waals surface area contributed by atoms with Gasteiger partial charge in [0.25, 0.3) is 0 Å². The fourth-order valence-electron chi connectivity index (χ4n) is 2.14. The molecule has 1 aliphatic rings. The highest BCUT2D eigenvalue weighted by atomic mass is 79.9. The van der Waals surface area contributed by atoms with E-state index in [2.05, 4.69) is 28.1 Å². The van der Waals surface area contributed by atoms with E-state index in [0.29, 0.717) is 0 Å². The highest BCUT2D eigenvalue weighted by Crippen LogP contribution is 2.33. The van der Waals surface area contributed by atoms with Gasteiger partial charge in [0, 0.05) is 9.85 Å². The number of hydrogen-bond acceptors (Lipinski definition) is 0. The van der Waals surface area contributed by atoms with Crippen LogP contribution in [0.3, 0.4) is 0 Å². The molecule has 2 atom stereocenters. The summed E-state index contributed by atoms with van der Waals surface area (Å²) in [6, 6.07) is 8.24. The van der Waals surface area contributed by atoms with E-state index in [-0.39, 0.29) is 0 Å². The summed E-state index contributed by atoms with van der Waals surface area (Å²) in [4.78, 5) is 0.721. The van der Waals surface area contributed by atoms with Gasteiger partial charge < -0.3 is 0 Å². The van der Waals surface area contributed by atoms with Crippen molar-refractivity contribution in [2.75, 3.05) is 0 Å². The minimum atomic E-state index is 0.721. The molecule has 0 nitrogen and oxygen atoms in total. The summed E-state index contributed by atoms with van der Waals surface area (Å²) in [5.41, 5.74) is 1.41. The molecule has 0 radical (unpaired) electrons. The van der Waals surface area contributed by atoms with E-state index in [1.807, 2.05) is 12.1 Å². The van der Waals surface area contributed by atoms with E-state index in [4.69, 9.17) is 11.6 Å². The number of hydrogen-bond donors (Lipinski definition) is 0. The normalized spacial score (nSPS) is 26.7. The molecular weight excluding hydrogens is 259 g/mol. The van der Waals surface area contributed by atoms with E-state index in [1.54, 1.807) is 0 Å². The standard InChI is InChI=1S/C12H14BrCl/c13-12-3-1-2-10(12)8-9-4-6-11(14)7-5-9/h4-7,10,12H,1-3,8H2. The van der Waals surface area contributed by atoms with Gasteiger partial charge in [-0.05, 0) is 42.9 Å². The topological polar surface area (TPSA) is 0 Å². The van der Waals surface area contributed by atoms with Crippen molar-refractivity contribution >= 4 is 27.5 Å². The monoisotopic (exact) mass is 272 g/mol. The fraction of sp³-hybridized carbons (Fsp3) is 0.500. The van der Waals surface area contributed by atoms with Gasteiger partial charge in [-0.15, -0.1) is 0 Å². The smallest absolute Gasteiger partial charge is 0.0406 e. The maximum atomic E-state index is 5.85. The molecule has 1 aliphatic carbocycles. The van der Waals surface area contributed by atoms with Crippen LogP contribution < -0.4 is 0 Å². The number of halogens is 2. The second kappa shape index (κ2) is 4.67. The molecule has 76 valence electrons. The van der Waals surface area contributed by atoms with Crippen LogP contribution in [-0.2, 0) is 6.42 Å². The van der Waals surface area contributed by atoms with Crippen LogP contribution in [-0.4, -0.2) is 4.83 Å². The Morgan fingerprint density at radius 1 is 1.21 bits per heavy atom. The van der Waals surface area contributed by atoms with Crippen LogP contribution in [0, 0.1) is 5.92 Å². The molecule has 1 saturated carbocycles. The van der Waals surface area contributed by atoms with Gasteiger partial charge in [0.15, 0.2) is 0 Å². The van der Waals surface area contributed by atoms with Crippen molar-refractivity contribution in [3.05, 3.63) is 34.9 Å². The highest BCUT2D eigenvalue weighted by Gasteiger charge is 2.24. The summed E-state index contributed by atoms with van der Waals surface area (Å²) >= 11 is 9.60. The largest absolute Gasteiger partial charge is 0.0888 e. The van der Waals surface area contributed by atoms with Crippen molar-refractivity contribution in [2.24, 2.45) is 5.92 Å². The first kappa shape index (κ1) is 10.5. The van der Waals surface area contributed by atoms with E-state index in [0.717, 1.165) is 15.8 Å². The van der Waals surface area contributed by atoms with Crippen LogP contribution in [0.5, 0.6) is 0 Å². The summed E-state index contributed by atoms with van der Waals surface area (Å²) < 4.78 is 0. The van der Waals surface area contributed by atoms with Gasteiger partial charge in [-0.1, -0.05) is 46.1 Å². The van der Waals surface area contributed by atoms with Gasteiger partial charge in [0.2, 0.25) is 0 Å².